The predicted molar refractivity (Wildman–Crippen MR) is 98.5 cm³/mol. The van der Waals surface area contributed by atoms with Gasteiger partial charge in [-0.2, -0.15) is 0 Å². The van der Waals surface area contributed by atoms with E-state index in [-0.39, 0.29) is 0 Å². The molecule has 0 aromatic heterocycles. The molecule has 1 rings (SSSR count). The summed E-state index contributed by atoms with van der Waals surface area (Å²) in [5.41, 5.74) is 0. The van der Waals surface area contributed by atoms with Crippen molar-refractivity contribution < 1.29 is 0 Å². The third-order valence-corrected chi connectivity index (χ3v) is 22.8. The maximum atomic E-state index is 2.61. The van der Waals surface area contributed by atoms with E-state index >= 15 is 0 Å². The van der Waals surface area contributed by atoms with Crippen LogP contribution in [0, 0.1) is 0 Å². The molecule has 114 valence electrons. The Morgan fingerprint density at radius 3 is 1.75 bits per heavy atom. The Balaban J connectivity index is 2.92. The number of rotatable bonds is 10. The van der Waals surface area contributed by atoms with Crippen molar-refractivity contribution in [3.63, 3.8) is 0 Å². The molecule has 1 aliphatic heterocycles. The van der Waals surface area contributed by atoms with Gasteiger partial charge in [-0.05, 0) is 0 Å². The van der Waals surface area contributed by atoms with Crippen LogP contribution >= 0.6 is 0 Å². The maximum absolute atomic E-state index is 2.61. The quantitative estimate of drug-likeness (QED) is 0.377. The number of hydrogen-bond acceptors (Lipinski definition) is 0. The van der Waals surface area contributed by atoms with E-state index in [0.29, 0.717) is 0 Å². The molecule has 20 heavy (non-hydrogen) atoms. The van der Waals surface area contributed by atoms with Crippen molar-refractivity contribution in [2.75, 3.05) is 0 Å². The fraction of sp³-hybridized carbons (Fsp3) is 0.778. The molecule has 0 fully saturated rings. The van der Waals surface area contributed by atoms with Crippen LogP contribution in [0.25, 0.3) is 0 Å². The summed E-state index contributed by atoms with van der Waals surface area (Å²) in [5, 5.41) is 0. The molecule has 0 aromatic carbocycles. The molecular weight excluding hydrogens is 346 g/mol. The molecule has 0 radical (unpaired) electrons. The van der Waals surface area contributed by atoms with Gasteiger partial charge >= 0.3 is 133 Å². The minimum atomic E-state index is -2.04. The Morgan fingerprint density at radius 1 is 0.850 bits per heavy atom. The van der Waals surface area contributed by atoms with Gasteiger partial charge in [-0.3, -0.25) is 0 Å². The van der Waals surface area contributed by atoms with Crippen molar-refractivity contribution in [2.45, 2.75) is 83.3 Å². The Morgan fingerprint density at radius 2 is 1.35 bits per heavy atom. The van der Waals surface area contributed by atoms with E-state index in [1.54, 1.807) is 13.3 Å². The Kier molecular flexibility index (Phi) is 9.32. The summed E-state index contributed by atoms with van der Waals surface area (Å²) < 4.78 is 5.88. The molecule has 0 N–H and O–H groups in total. The van der Waals surface area contributed by atoms with Gasteiger partial charge < -0.3 is 0 Å². The summed E-state index contributed by atoms with van der Waals surface area (Å²) in [4.78, 5) is 0. The third-order valence-electron chi connectivity index (χ3n) is 5.20. The Hall–Kier alpha value is 0.344. The fourth-order valence-corrected chi connectivity index (χ4v) is 23.0. The molecule has 0 aromatic rings. The predicted octanol–water partition coefficient (Wildman–Crippen LogP) is 6.53. The van der Waals surface area contributed by atoms with Gasteiger partial charge in [0.25, 0.3) is 0 Å². The first-order valence-corrected chi connectivity index (χ1v) is 16.8. The van der Waals surface area contributed by atoms with E-state index in [1.165, 1.54) is 38.5 Å². The topological polar surface area (TPSA) is 0 Å². The van der Waals surface area contributed by atoms with E-state index in [9.17, 15) is 0 Å². The first kappa shape index (κ1) is 18.4. The molecule has 0 bridgehead atoms. The van der Waals surface area contributed by atoms with Gasteiger partial charge in [0.05, 0.1) is 0 Å². The second-order valence-electron chi connectivity index (χ2n) is 6.83. The first-order valence-electron chi connectivity index (χ1n) is 9.05. The molecule has 0 nitrogen and oxygen atoms in total. The summed E-state index contributed by atoms with van der Waals surface area (Å²) >= 11 is -2.04. The number of hydrogen-bond donors (Lipinski definition) is 0. The first-order chi connectivity index (χ1) is 9.70. The van der Waals surface area contributed by atoms with E-state index in [4.69, 9.17) is 0 Å². The molecule has 0 saturated carbocycles. The molecule has 0 amide bonds. The Bertz CT molecular complexity index is 287. The molecule has 1 aliphatic rings. The second-order valence-corrected chi connectivity index (χ2v) is 20.8. The average molecular weight is 381 g/mol. The van der Waals surface area contributed by atoms with Gasteiger partial charge in [0.2, 0.25) is 0 Å². The van der Waals surface area contributed by atoms with E-state index in [2.05, 4.69) is 51.8 Å². The van der Waals surface area contributed by atoms with Crippen LogP contribution in [0.5, 0.6) is 0 Å². The van der Waals surface area contributed by atoms with Gasteiger partial charge in [0.1, 0.15) is 0 Å². The van der Waals surface area contributed by atoms with Crippen LogP contribution in [-0.4, -0.2) is 25.1 Å². The molecule has 0 saturated heterocycles. The van der Waals surface area contributed by atoms with Crippen LogP contribution in [0.15, 0.2) is 24.2 Å². The molecule has 1 heterocycles. The van der Waals surface area contributed by atoms with Crippen molar-refractivity contribution in [1.82, 2.24) is 0 Å². The Labute approximate surface area is 132 Å². The fourth-order valence-electron chi connectivity index (χ4n) is 3.94. The van der Waals surface area contributed by atoms with Crippen LogP contribution in [-0.2, 0) is 0 Å². The van der Waals surface area contributed by atoms with Crippen molar-refractivity contribution in [2.24, 2.45) is 0 Å². The van der Waals surface area contributed by atoms with Crippen molar-refractivity contribution in [3.05, 3.63) is 24.2 Å². The number of allylic oxidation sites excluding steroid dienone is 3. The summed E-state index contributed by atoms with van der Waals surface area (Å²) in [7, 11) is 0. The zero-order valence-electron chi connectivity index (χ0n) is 14.3. The van der Waals surface area contributed by atoms with Crippen molar-refractivity contribution in [1.29, 1.82) is 0 Å². The number of unbranched alkanes of at least 4 members (excludes halogenated alkanes) is 3. The van der Waals surface area contributed by atoms with Crippen LogP contribution < -0.4 is 0 Å². The van der Waals surface area contributed by atoms with Gasteiger partial charge in [-0.1, -0.05) is 0 Å². The summed E-state index contributed by atoms with van der Waals surface area (Å²) in [6.07, 6.45) is 15.9. The molecular formula is C18H35BSn. The van der Waals surface area contributed by atoms with Crippen molar-refractivity contribution in [3.8, 4) is 0 Å². The SMILES string of the molecule is CCC[CH2][Sn]([CH2]CCC)([CH2]CCC)[CH]1C=CC=CB1C. The van der Waals surface area contributed by atoms with E-state index < -0.39 is 18.4 Å². The van der Waals surface area contributed by atoms with E-state index in [1.807, 2.05) is 0 Å². The zero-order chi connectivity index (χ0) is 14.8. The van der Waals surface area contributed by atoms with Crippen LogP contribution in [0.2, 0.25) is 24.0 Å². The van der Waals surface area contributed by atoms with Gasteiger partial charge in [0, 0.05) is 0 Å². The second kappa shape index (κ2) is 10.1. The van der Waals surface area contributed by atoms with Crippen molar-refractivity contribution >= 4 is 25.1 Å². The molecule has 2 heteroatoms. The van der Waals surface area contributed by atoms with Gasteiger partial charge in [0.15, 0.2) is 0 Å². The normalized spacial score (nSPS) is 18.8. The third kappa shape index (κ3) is 5.27. The molecule has 1 atom stereocenters. The zero-order valence-corrected chi connectivity index (χ0v) is 17.2. The average Bonchev–Trinajstić information content (AvgIpc) is 2.48. The van der Waals surface area contributed by atoms with Gasteiger partial charge in [-0.15, -0.1) is 0 Å². The molecule has 1 unspecified atom stereocenters. The summed E-state index contributed by atoms with van der Waals surface area (Å²) in [6, 6.07) is 0. The standard InChI is InChI=1S/C6H8B.3C4H9.Sn/c1-7-5-3-2-4-6-7;3*1-3-4-2;/h2-6H,1H3;3*1,3-4H2,2H3;. The van der Waals surface area contributed by atoms with E-state index in [0.717, 1.165) is 10.5 Å². The molecule has 0 aliphatic carbocycles. The van der Waals surface area contributed by atoms with Crippen LogP contribution in [0.1, 0.15) is 59.3 Å². The van der Waals surface area contributed by atoms with Crippen LogP contribution in [0.4, 0.5) is 0 Å². The monoisotopic (exact) mass is 382 g/mol. The van der Waals surface area contributed by atoms with Gasteiger partial charge in [-0.25, -0.2) is 0 Å². The summed E-state index contributed by atoms with van der Waals surface area (Å²) in [5.74, 6) is 2.47. The molecule has 0 spiro atoms. The summed E-state index contributed by atoms with van der Waals surface area (Å²) in [6.45, 7) is 10.4. The minimum absolute atomic E-state index is 0.807. The van der Waals surface area contributed by atoms with Crippen LogP contribution in [0.3, 0.4) is 0 Å².